The highest BCUT2D eigenvalue weighted by Crippen LogP contribution is 2.45. The summed E-state index contributed by atoms with van der Waals surface area (Å²) in [6.45, 7) is 0. The van der Waals surface area contributed by atoms with E-state index < -0.39 is 33.6 Å². The summed E-state index contributed by atoms with van der Waals surface area (Å²) in [5, 5.41) is 2.59. The second-order valence-electron chi connectivity index (χ2n) is 6.85. The van der Waals surface area contributed by atoms with Gasteiger partial charge < -0.3 is 10.3 Å². The van der Waals surface area contributed by atoms with E-state index in [1.807, 2.05) is 0 Å². The van der Waals surface area contributed by atoms with Crippen LogP contribution in [0.25, 0.3) is 10.9 Å². The molecular formula is C16H19F4N3OS. The average Bonchev–Trinajstić information content (AvgIpc) is 2.94. The quantitative estimate of drug-likeness (QED) is 0.785. The Balaban J connectivity index is 1.80. The van der Waals surface area contributed by atoms with Crippen molar-refractivity contribution in [2.75, 3.05) is 24.0 Å². The summed E-state index contributed by atoms with van der Waals surface area (Å²) in [7, 11) is -0.584. The summed E-state index contributed by atoms with van der Waals surface area (Å²) in [6, 6.07) is 1.14. The third kappa shape index (κ3) is 3.75. The second-order valence-corrected chi connectivity index (χ2v) is 11.2. The summed E-state index contributed by atoms with van der Waals surface area (Å²) >= 11 is 0. The van der Waals surface area contributed by atoms with Crippen molar-refractivity contribution >= 4 is 26.8 Å². The minimum atomic E-state index is -4.88. The van der Waals surface area contributed by atoms with Gasteiger partial charge in [-0.3, -0.25) is 4.79 Å². The van der Waals surface area contributed by atoms with E-state index in [-0.39, 0.29) is 22.6 Å². The molecule has 0 bridgehead atoms. The van der Waals surface area contributed by atoms with Crippen LogP contribution in [0.3, 0.4) is 0 Å². The predicted octanol–water partition coefficient (Wildman–Crippen LogP) is 3.68. The molecule has 2 N–H and O–H groups in total. The SMILES string of the molecule is CS1(C)CCC(NC(=O)c2cc3c(F)c(C(F)(F)F)ncc3[nH]2)CC1. The Hall–Kier alpha value is -1.77. The van der Waals surface area contributed by atoms with Crippen LogP contribution >= 0.6 is 10.0 Å². The lowest BCUT2D eigenvalue weighted by Crippen LogP contribution is -2.39. The highest BCUT2D eigenvalue weighted by atomic mass is 32.3. The molecule has 1 saturated heterocycles. The molecular weight excluding hydrogens is 358 g/mol. The standard InChI is InChI=1S/C16H19F4N3OS/c1-25(2)5-3-9(4-6-25)22-15(24)11-7-10-12(23-11)8-21-14(13(10)17)16(18,19)20/h7-9,23H,3-6H2,1-2H3,(H,22,24). The molecule has 1 aliphatic rings. The Morgan fingerprint density at radius 3 is 2.56 bits per heavy atom. The van der Waals surface area contributed by atoms with Crippen LogP contribution < -0.4 is 5.32 Å². The van der Waals surface area contributed by atoms with Gasteiger partial charge >= 0.3 is 6.18 Å². The number of fused-ring (bicyclic) bond motifs is 1. The van der Waals surface area contributed by atoms with Crippen LogP contribution in [0.4, 0.5) is 17.6 Å². The molecule has 3 heterocycles. The number of nitrogens with one attached hydrogen (secondary N) is 2. The molecule has 0 spiro atoms. The molecule has 1 amide bonds. The summed E-state index contributed by atoms with van der Waals surface area (Å²) in [5.74, 6) is 0.225. The second kappa shape index (κ2) is 6.19. The van der Waals surface area contributed by atoms with Crippen molar-refractivity contribution in [3.05, 3.63) is 29.5 Å². The molecule has 2 aromatic heterocycles. The minimum absolute atomic E-state index is 0.0344. The molecule has 0 aliphatic carbocycles. The lowest BCUT2D eigenvalue weighted by molar-refractivity contribution is -0.143. The number of hydrogen-bond acceptors (Lipinski definition) is 2. The maximum atomic E-state index is 14.1. The van der Waals surface area contributed by atoms with E-state index in [4.69, 9.17) is 0 Å². The Labute approximate surface area is 143 Å². The van der Waals surface area contributed by atoms with Crippen LogP contribution in [0.2, 0.25) is 0 Å². The maximum absolute atomic E-state index is 14.1. The number of nitrogens with zero attached hydrogens (tertiary/aromatic N) is 1. The van der Waals surface area contributed by atoms with Gasteiger partial charge in [0.2, 0.25) is 0 Å². The van der Waals surface area contributed by atoms with Crippen molar-refractivity contribution < 1.29 is 22.4 Å². The maximum Gasteiger partial charge on any atom is 0.436 e. The molecule has 9 heteroatoms. The number of halogens is 4. The molecule has 0 atom stereocenters. The minimum Gasteiger partial charge on any atom is -0.349 e. The smallest absolute Gasteiger partial charge is 0.349 e. The van der Waals surface area contributed by atoms with Gasteiger partial charge in [-0.05, 0) is 42.9 Å². The molecule has 138 valence electrons. The Kier molecular flexibility index (Phi) is 4.47. The van der Waals surface area contributed by atoms with Crippen molar-refractivity contribution in [1.29, 1.82) is 0 Å². The Bertz CT molecular complexity index is 806. The van der Waals surface area contributed by atoms with Gasteiger partial charge in [0.1, 0.15) is 5.69 Å². The summed E-state index contributed by atoms with van der Waals surface area (Å²) in [4.78, 5) is 18.1. The van der Waals surface area contributed by atoms with Crippen molar-refractivity contribution in [2.45, 2.75) is 25.1 Å². The molecule has 25 heavy (non-hydrogen) atoms. The monoisotopic (exact) mass is 377 g/mol. The lowest BCUT2D eigenvalue weighted by Gasteiger charge is -2.39. The van der Waals surface area contributed by atoms with Crippen LogP contribution in [0.1, 0.15) is 29.0 Å². The number of H-pyrrole nitrogens is 1. The molecule has 0 radical (unpaired) electrons. The third-order valence-electron chi connectivity index (χ3n) is 4.50. The zero-order valence-corrected chi connectivity index (χ0v) is 14.7. The van der Waals surface area contributed by atoms with Crippen molar-refractivity contribution in [1.82, 2.24) is 15.3 Å². The van der Waals surface area contributed by atoms with E-state index in [2.05, 4.69) is 27.8 Å². The Morgan fingerprint density at radius 1 is 1.32 bits per heavy atom. The van der Waals surface area contributed by atoms with Gasteiger partial charge in [-0.25, -0.2) is 19.4 Å². The third-order valence-corrected chi connectivity index (χ3v) is 7.18. The first-order chi connectivity index (χ1) is 11.6. The first kappa shape index (κ1) is 18.0. The van der Waals surface area contributed by atoms with Crippen LogP contribution in [0.5, 0.6) is 0 Å². The van der Waals surface area contributed by atoms with Crippen LogP contribution in [0.15, 0.2) is 12.3 Å². The Morgan fingerprint density at radius 2 is 1.96 bits per heavy atom. The van der Waals surface area contributed by atoms with Gasteiger partial charge in [0.25, 0.3) is 5.91 Å². The highest BCUT2D eigenvalue weighted by molar-refractivity contribution is 8.32. The molecule has 1 aliphatic heterocycles. The normalized spacial score (nSPS) is 19.8. The van der Waals surface area contributed by atoms with Gasteiger partial charge in [-0.15, -0.1) is 0 Å². The summed E-state index contributed by atoms with van der Waals surface area (Å²) < 4.78 is 52.2. The van der Waals surface area contributed by atoms with E-state index in [9.17, 15) is 22.4 Å². The van der Waals surface area contributed by atoms with E-state index in [1.165, 1.54) is 0 Å². The van der Waals surface area contributed by atoms with Gasteiger partial charge in [0, 0.05) is 11.4 Å². The largest absolute Gasteiger partial charge is 0.436 e. The molecule has 4 nitrogen and oxygen atoms in total. The fourth-order valence-corrected chi connectivity index (χ4v) is 5.01. The summed E-state index contributed by atoms with van der Waals surface area (Å²) in [5.41, 5.74) is -1.49. The number of rotatable bonds is 2. The first-order valence-corrected chi connectivity index (χ1v) is 10.6. The van der Waals surface area contributed by atoms with Gasteiger partial charge in [0.15, 0.2) is 11.5 Å². The van der Waals surface area contributed by atoms with Crippen LogP contribution in [-0.4, -0.2) is 45.9 Å². The number of aromatic amines is 1. The van der Waals surface area contributed by atoms with Crippen LogP contribution in [-0.2, 0) is 6.18 Å². The molecule has 0 aromatic carbocycles. The number of aromatic nitrogens is 2. The zero-order valence-electron chi connectivity index (χ0n) is 13.8. The number of alkyl halides is 3. The first-order valence-electron chi connectivity index (χ1n) is 7.81. The van der Waals surface area contributed by atoms with Crippen molar-refractivity contribution in [3.8, 4) is 0 Å². The van der Waals surface area contributed by atoms with Gasteiger partial charge in [0.05, 0.1) is 11.7 Å². The van der Waals surface area contributed by atoms with E-state index in [0.29, 0.717) is 0 Å². The van der Waals surface area contributed by atoms with Crippen molar-refractivity contribution in [2.24, 2.45) is 0 Å². The lowest BCUT2D eigenvalue weighted by atomic mass is 10.1. The highest BCUT2D eigenvalue weighted by Gasteiger charge is 2.37. The number of amides is 1. The van der Waals surface area contributed by atoms with Gasteiger partial charge in [-0.1, -0.05) is 0 Å². The topological polar surface area (TPSA) is 57.8 Å². The molecule has 0 unspecified atom stereocenters. The molecule has 2 aromatic rings. The number of pyridine rings is 1. The molecule has 0 saturated carbocycles. The van der Waals surface area contributed by atoms with E-state index in [1.54, 1.807) is 0 Å². The van der Waals surface area contributed by atoms with E-state index in [0.717, 1.165) is 36.6 Å². The number of hydrogen-bond donors (Lipinski definition) is 2. The molecule has 1 fully saturated rings. The number of carbonyl (C=O) groups is 1. The zero-order chi connectivity index (χ0) is 18.4. The van der Waals surface area contributed by atoms with Crippen LogP contribution in [0, 0.1) is 5.82 Å². The van der Waals surface area contributed by atoms with E-state index >= 15 is 0 Å². The fraction of sp³-hybridized carbons (Fsp3) is 0.500. The average molecular weight is 377 g/mol. The summed E-state index contributed by atoms with van der Waals surface area (Å²) in [6.07, 6.45) is 2.29. The number of carbonyl (C=O) groups excluding carboxylic acids is 1. The van der Waals surface area contributed by atoms with Gasteiger partial charge in [-0.2, -0.15) is 13.2 Å². The fourth-order valence-electron chi connectivity index (χ4n) is 2.96. The molecule has 3 rings (SSSR count). The predicted molar refractivity (Wildman–Crippen MR) is 90.7 cm³/mol. The van der Waals surface area contributed by atoms with Crippen molar-refractivity contribution in [3.63, 3.8) is 0 Å².